The lowest BCUT2D eigenvalue weighted by atomic mass is 10.1. The molecule has 17 heavy (non-hydrogen) atoms. The van der Waals surface area contributed by atoms with Gasteiger partial charge in [0.1, 0.15) is 5.82 Å². The van der Waals surface area contributed by atoms with E-state index in [1.807, 2.05) is 17.5 Å². The number of esters is 1. The molecule has 0 N–H and O–H groups in total. The van der Waals surface area contributed by atoms with E-state index in [1.165, 1.54) is 30.6 Å². The number of methoxy groups -OCH3 is 1. The highest BCUT2D eigenvalue weighted by Crippen LogP contribution is 2.27. The number of thiophene rings is 1. The maximum Gasteiger partial charge on any atom is 0.310 e. The fourth-order valence-corrected chi connectivity index (χ4v) is 2.41. The fourth-order valence-electron chi connectivity index (χ4n) is 1.50. The SMILES string of the molecule is COC(=O)Cc1csc(-c2cccc(F)c2)c1. The van der Waals surface area contributed by atoms with Gasteiger partial charge in [0.25, 0.3) is 0 Å². The van der Waals surface area contributed by atoms with E-state index in [1.54, 1.807) is 6.07 Å². The lowest BCUT2D eigenvalue weighted by molar-refractivity contribution is -0.139. The fraction of sp³-hybridized carbons (Fsp3) is 0.154. The van der Waals surface area contributed by atoms with Crippen LogP contribution in [0.1, 0.15) is 5.56 Å². The van der Waals surface area contributed by atoms with Crippen molar-refractivity contribution in [3.63, 3.8) is 0 Å². The zero-order chi connectivity index (χ0) is 12.3. The van der Waals surface area contributed by atoms with Gasteiger partial charge in [0.15, 0.2) is 0 Å². The first-order chi connectivity index (χ1) is 8.19. The summed E-state index contributed by atoms with van der Waals surface area (Å²) in [6.45, 7) is 0. The van der Waals surface area contributed by atoms with Gasteiger partial charge in [0.2, 0.25) is 0 Å². The van der Waals surface area contributed by atoms with E-state index in [9.17, 15) is 9.18 Å². The summed E-state index contributed by atoms with van der Waals surface area (Å²) in [6, 6.07) is 8.29. The Morgan fingerprint density at radius 1 is 1.41 bits per heavy atom. The summed E-state index contributed by atoms with van der Waals surface area (Å²) in [7, 11) is 1.36. The molecule has 2 nitrogen and oxygen atoms in total. The monoisotopic (exact) mass is 250 g/mol. The van der Waals surface area contributed by atoms with Crippen molar-refractivity contribution in [1.29, 1.82) is 0 Å². The van der Waals surface area contributed by atoms with Crippen LogP contribution in [0.4, 0.5) is 4.39 Å². The molecule has 0 bridgehead atoms. The van der Waals surface area contributed by atoms with Crippen molar-refractivity contribution >= 4 is 17.3 Å². The van der Waals surface area contributed by atoms with E-state index >= 15 is 0 Å². The van der Waals surface area contributed by atoms with Crippen LogP contribution in [-0.2, 0) is 16.0 Å². The molecule has 0 aliphatic carbocycles. The number of ether oxygens (including phenoxy) is 1. The van der Waals surface area contributed by atoms with Gasteiger partial charge in [-0.1, -0.05) is 12.1 Å². The van der Waals surface area contributed by atoms with Gasteiger partial charge in [0.05, 0.1) is 13.5 Å². The Balaban J connectivity index is 2.21. The molecule has 1 aromatic heterocycles. The number of rotatable bonds is 3. The molecular weight excluding hydrogens is 239 g/mol. The van der Waals surface area contributed by atoms with Gasteiger partial charge in [-0.25, -0.2) is 4.39 Å². The molecule has 4 heteroatoms. The van der Waals surface area contributed by atoms with Crippen LogP contribution in [0.5, 0.6) is 0 Å². The molecule has 0 radical (unpaired) electrons. The molecule has 1 aromatic carbocycles. The highest BCUT2D eigenvalue weighted by atomic mass is 32.1. The van der Waals surface area contributed by atoms with Crippen LogP contribution in [0.3, 0.4) is 0 Å². The number of hydrogen-bond acceptors (Lipinski definition) is 3. The highest BCUT2D eigenvalue weighted by molar-refractivity contribution is 7.13. The average molecular weight is 250 g/mol. The lowest BCUT2D eigenvalue weighted by Crippen LogP contribution is -2.03. The van der Waals surface area contributed by atoms with Crippen LogP contribution in [0.2, 0.25) is 0 Å². The summed E-state index contributed by atoms with van der Waals surface area (Å²) in [4.78, 5) is 12.1. The molecule has 0 saturated carbocycles. The van der Waals surface area contributed by atoms with Crippen LogP contribution in [-0.4, -0.2) is 13.1 Å². The molecule has 88 valence electrons. The molecule has 0 saturated heterocycles. The van der Waals surface area contributed by atoms with E-state index in [-0.39, 0.29) is 18.2 Å². The van der Waals surface area contributed by atoms with Crippen LogP contribution in [0, 0.1) is 5.82 Å². The second-order valence-corrected chi connectivity index (χ2v) is 4.49. The molecular formula is C13H11FO2S. The molecule has 0 aliphatic rings. The topological polar surface area (TPSA) is 26.3 Å². The standard InChI is InChI=1S/C13H11FO2S/c1-16-13(15)6-9-5-12(17-8-9)10-3-2-4-11(14)7-10/h2-5,7-8H,6H2,1H3. The summed E-state index contributed by atoms with van der Waals surface area (Å²) in [5.74, 6) is -0.529. The van der Waals surface area contributed by atoms with Gasteiger partial charge in [-0.15, -0.1) is 11.3 Å². The lowest BCUT2D eigenvalue weighted by Gasteiger charge is -1.97. The second-order valence-electron chi connectivity index (χ2n) is 3.58. The predicted molar refractivity (Wildman–Crippen MR) is 65.4 cm³/mol. The minimum absolute atomic E-state index is 0.252. The van der Waals surface area contributed by atoms with E-state index in [0.717, 1.165) is 16.0 Å². The Kier molecular flexibility index (Phi) is 3.54. The summed E-state index contributed by atoms with van der Waals surface area (Å²) in [5, 5.41) is 1.89. The Bertz CT molecular complexity index is 534. The first kappa shape index (κ1) is 11.8. The molecule has 0 spiro atoms. The molecule has 1 heterocycles. The van der Waals surface area contributed by atoms with Gasteiger partial charge in [-0.05, 0) is 34.7 Å². The number of halogens is 1. The van der Waals surface area contributed by atoms with Crippen molar-refractivity contribution in [2.24, 2.45) is 0 Å². The Labute approximate surface area is 103 Å². The smallest absolute Gasteiger partial charge is 0.310 e. The molecule has 0 unspecified atom stereocenters. The molecule has 0 fully saturated rings. The van der Waals surface area contributed by atoms with Crippen molar-refractivity contribution in [2.45, 2.75) is 6.42 Å². The van der Waals surface area contributed by atoms with Crippen molar-refractivity contribution < 1.29 is 13.9 Å². The van der Waals surface area contributed by atoms with Gasteiger partial charge in [-0.2, -0.15) is 0 Å². The zero-order valence-corrected chi connectivity index (χ0v) is 10.1. The van der Waals surface area contributed by atoms with Crippen molar-refractivity contribution in [2.75, 3.05) is 7.11 Å². The minimum Gasteiger partial charge on any atom is -0.469 e. The minimum atomic E-state index is -0.270. The molecule has 0 amide bonds. The predicted octanol–water partition coefficient (Wildman–Crippen LogP) is 3.27. The van der Waals surface area contributed by atoms with Crippen LogP contribution >= 0.6 is 11.3 Å². The largest absolute Gasteiger partial charge is 0.469 e. The number of hydrogen-bond donors (Lipinski definition) is 0. The summed E-state index contributed by atoms with van der Waals surface area (Å²) < 4.78 is 17.6. The number of carbonyl (C=O) groups is 1. The first-order valence-electron chi connectivity index (χ1n) is 5.09. The van der Waals surface area contributed by atoms with E-state index in [0.29, 0.717) is 0 Å². The number of carbonyl (C=O) groups excluding carboxylic acids is 1. The Morgan fingerprint density at radius 3 is 2.94 bits per heavy atom. The van der Waals surface area contributed by atoms with E-state index in [2.05, 4.69) is 4.74 Å². The quantitative estimate of drug-likeness (QED) is 0.781. The summed E-state index contributed by atoms with van der Waals surface area (Å²) in [5.41, 5.74) is 1.72. The normalized spacial score (nSPS) is 10.2. The van der Waals surface area contributed by atoms with E-state index in [4.69, 9.17) is 0 Å². The van der Waals surface area contributed by atoms with Crippen LogP contribution < -0.4 is 0 Å². The van der Waals surface area contributed by atoms with Gasteiger partial charge >= 0.3 is 5.97 Å². The highest BCUT2D eigenvalue weighted by Gasteiger charge is 2.07. The van der Waals surface area contributed by atoms with Crippen molar-refractivity contribution in [1.82, 2.24) is 0 Å². The molecule has 2 rings (SSSR count). The van der Waals surface area contributed by atoms with Crippen LogP contribution in [0.25, 0.3) is 10.4 Å². The summed E-state index contributed by atoms with van der Waals surface area (Å²) >= 11 is 1.49. The van der Waals surface area contributed by atoms with Crippen molar-refractivity contribution in [3.05, 3.63) is 47.1 Å². The Hall–Kier alpha value is -1.68. The molecule has 0 aliphatic heterocycles. The third-order valence-corrected chi connectivity index (χ3v) is 3.37. The first-order valence-corrected chi connectivity index (χ1v) is 5.97. The Morgan fingerprint density at radius 2 is 2.24 bits per heavy atom. The van der Waals surface area contributed by atoms with Crippen molar-refractivity contribution in [3.8, 4) is 10.4 Å². The number of benzene rings is 1. The zero-order valence-electron chi connectivity index (χ0n) is 9.27. The van der Waals surface area contributed by atoms with Gasteiger partial charge in [0, 0.05) is 4.88 Å². The third kappa shape index (κ3) is 2.91. The third-order valence-electron chi connectivity index (χ3n) is 2.34. The summed E-state index contributed by atoms with van der Waals surface area (Å²) in [6.07, 6.45) is 0.252. The van der Waals surface area contributed by atoms with Crippen LogP contribution in [0.15, 0.2) is 35.7 Å². The molecule has 2 aromatic rings. The second kappa shape index (κ2) is 5.10. The maximum atomic E-state index is 13.1. The average Bonchev–Trinajstić information content (AvgIpc) is 2.77. The maximum absolute atomic E-state index is 13.1. The molecule has 0 atom stereocenters. The van der Waals surface area contributed by atoms with E-state index < -0.39 is 0 Å². The van der Waals surface area contributed by atoms with Gasteiger partial charge in [-0.3, -0.25) is 4.79 Å². The van der Waals surface area contributed by atoms with Gasteiger partial charge < -0.3 is 4.74 Å².